The Bertz CT molecular complexity index is 509. The van der Waals surface area contributed by atoms with Crippen molar-refractivity contribution in [3.8, 4) is 0 Å². The summed E-state index contributed by atoms with van der Waals surface area (Å²) in [5.41, 5.74) is -0.827. The van der Waals surface area contributed by atoms with Crippen LogP contribution in [0.3, 0.4) is 0 Å². The zero-order valence-electron chi connectivity index (χ0n) is 15.9. The van der Waals surface area contributed by atoms with Crippen LogP contribution < -0.4 is 0 Å². The highest BCUT2D eigenvalue weighted by atomic mass is 19.4. The Morgan fingerprint density at radius 3 is 2.00 bits per heavy atom. The Morgan fingerprint density at radius 1 is 1.00 bits per heavy atom. The maximum absolute atomic E-state index is 12.4. The van der Waals surface area contributed by atoms with E-state index >= 15 is 0 Å². The van der Waals surface area contributed by atoms with Crippen LogP contribution in [0.2, 0.25) is 0 Å². The number of hydrogen-bond acceptors (Lipinski definition) is 4. The standard InChI is InChI=1S/C18H26F6O4/c1-3-12(2)14(26)28-16(9-5-4-6-10-16)11-7-8-13(25)27-15(17(19,20)21)18(22,23)24/h12,15H,3-11H2,1-2H3. The predicted molar refractivity (Wildman–Crippen MR) is 87.2 cm³/mol. The molecule has 0 N–H and O–H groups in total. The molecule has 0 aliphatic heterocycles. The fourth-order valence-corrected chi connectivity index (χ4v) is 3.14. The smallest absolute Gasteiger partial charge is 0.434 e. The molecule has 10 heteroatoms. The largest absolute Gasteiger partial charge is 0.459 e. The van der Waals surface area contributed by atoms with E-state index in [1.807, 2.05) is 6.92 Å². The van der Waals surface area contributed by atoms with Crippen LogP contribution in [0.25, 0.3) is 0 Å². The minimum atomic E-state index is -5.73. The zero-order chi connectivity index (χ0) is 21.6. The maximum Gasteiger partial charge on any atom is 0.434 e. The van der Waals surface area contributed by atoms with E-state index < -0.39 is 36.4 Å². The number of rotatable bonds is 8. The maximum atomic E-state index is 12.4. The lowest BCUT2D eigenvalue weighted by atomic mass is 9.81. The van der Waals surface area contributed by atoms with Gasteiger partial charge in [-0.2, -0.15) is 26.3 Å². The van der Waals surface area contributed by atoms with E-state index in [0.717, 1.165) is 19.3 Å². The Balaban J connectivity index is 2.66. The summed E-state index contributed by atoms with van der Waals surface area (Å²) in [6.07, 6.45) is -11.8. The number of ether oxygens (including phenoxy) is 2. The second kappa shape index (κ2) is 9.82. The van der Waals surface area contributed by atoms with E-state index in [9.17, 15) is 35.9 Å². The van der Waals surface area contributed by atoms with Gasteiger partial charge in [-0.3, -0.25) is 9.59 Å². The van der Waals surface area contributed by atoms with Crippen molar-refractivity contribution in [3.05, 3.63) is 0 Å². The molecule has 1 fully saturated rings. The van der Waals surface area contributed by atoms with Crippen LogP contribution >= 0.6 is 0 Å². The Hall–Kier alpha value is -1.48. The van der Waals surface area contributed by atoms with Crippen molar-refractivity contribution in [2.75, 3.05) is 0 Å². The first kappa shape index (κ1) is 24.6. The van der Waals surface area contributed by atoms with Crippen molar-refractivity contribution in [3.63, 3.8) is 0 Å². The van der Waals surface area contributed by atoms with Crippen molar-refractivity contribution < 1.29 is 45.4 Å². The van der Waals surface area contributed by atoms with Crippen molar-refractivity contribution in [1.82, 2.24) is 0 Å². The number of esters is 2. The van der Waals surface area contributed by atoms with Crippen LogP contribution in [0.5, 0.6) is 0 Å². The normalized spacial score (nSPS) is 18.6. The molecule has 1 atom stereocenters. The minimum absolute atomic E-state index is 0.0327. The molecule has 28 heavy (non-hydrogen) atoms. The van der Waals surface area contributed by atoms with Crippen LogP contribution in [0.4, 0.5) is 26.3 Å². The summed E-state index contributed by atoms with van der Waals surface area (Å²) < 4.78 is 84.0. The lowest BCUT2D eigenvalue weighted by Crippen LogP contribution is -2.45. The molecule has 1 saturated carbocycles. The minimum Gasteiger partial charge on any atom is -0.459 e. The number of hydrogen-bond donors (Lipinski definition) is 0. The van der Waals surface area contributed by atoms with E-state index in [1.54, 1.807) is 6.92 Å². The molecule has 0 bridgehead atoms. The lowest BCUT2D eigenvalue weighted by molar-refractivity contribution is -0.313. The SMILES string of the molecule is CCC(C)C(=O)OC1(CCCC(=O)OC(C(F)(F)F)C(F)(F)F)CCCCC1. The van der Waals surface area contributed by atoms with Crippen LogP contribution in [0, 0.1) is 5.92 Å². The number of carbonyl (C=O) groups excluding carboxylic acids is 2. The van der Waals surface area contributed by atoms with Gasteiger partial charge in [0.1, 0.15) is 5.60 Å². The topological polar surface area (TPSA) is 52.6 Å². The third-order valence-electron chi connectivity index (χ3n) is 4.95. The van der Waals surface area contributed by atoms with Crippen molar-refractivity contribution >= 4 is 11.9 Å². The quantitative estimate of drug-likeness (QED) is 0.385. The second-order valence-electron chi connectivity index (χ2n) is 7.28. The molecule has 0 aromatic heterocycles. The summed E-state index contributed by atoms with van der Waals surface area (Å²) in [6, 6.07) is 0. The highest BCUT2D eigenvalue weighted by Gasteiger charge is 2.59. The Kier molecular flexibility index (Phi) is 8.62. The van der Waals surface area contributed by atoms with E-state index in [2.05, 4.69) is 4.74 Å². The molecule has 1 aliphatic carbocycles. The average molecular weight is 420 g/mol. The average Bonchev–Trinajstić information content (AvgIpc) is 2.57. The molecule has 0 aromatic rings. The number of halogens is 6. The van der Waals surface area contributed by atoms with Crippen molar-refractivity contribution in [2.24, 2.45) is 5.92 Å². The van der Waals surface area contributed by atoms with Gasteiger partial charge in [0.15, 0.2) is 0 Å². The van der Waals surface area contributed by atoms with Gasteiger partial charge in [0.25, 0.3) is 6.10 Å². The van der Waals surface area contributed by atoms with Gasteiger partial charge >= 0.3 is 24.3 Å². The molecule has 1 aliphatic rings. The van der Waals surface area contributed by atoms with Gasteiger partial charge in [0.2, 0.25) is 0 Å². The molecule has 0 amide bonds. The van der Waals surface area contributed by atoms with Crippen LogP contribution in [-0.4, -0.2) is 36.0 Å². The first-order valence-electron chi connectivity index (χ1n) is 9.36. The predicted octanol–water partition coefficient (Wildman–Crippen LogP) is 5.49. The first-order valence-corrected chi connectivity index (χ1v) is 9.36. The van der Waals surface area contributed by atoms with E-state index in [4.69, 9.17) is 4.74 Å². The molecule has 1 unspecified atom stereocenters. The van der Waals surface area contributed by atoms with Crippen molar-refractivity contribution in [2.45, 2.75) is 95.7 Å². The van der Waals surface area contributed by atoms with Gasteiger partial charge in [0, 0.05) is 6.42 Å². The summed E-state index contributed by atoms with van der Waals surface area (Å²) in [5.74, 6) is -2.29. The fraction of sp³-hybridized carbons (Fsp3) is 0.889. The monoisotopic (exact) mass is 420 g/mol. The molecule has 0 saturated heterocycles. The lowest BCUT2D eigenvalue weighted by Gasteiger charge is -2.37. The molecule has 0 aromatic carbocycles. The van der Waals surface area contributed by atoms with Gasteiger partial charge in [-0.05, 0) is 44.9 Å². The highest BCUT2D eigenvalue weighted by molar-refractivity contribution is 5.72. The summed E-state index contributed by atoms with van der Waals surface area (Å²) in [4.78, 5) is 23.7. The Morgan fingerprint density at radius 2 is 1.54 bits per heavy atom. The summed E-state index contributed by atoms with van der Waals surface area (Å²) in [7, 11) is 0. The molecular weight excluding hydrogens is 394 g/mol. The van der Waals surface area contributed by atoms with Gasteiger partial charge in [-0.25, -0.2) is 0 Å². The zero-order valence-corrected chi connectivity index (χ0v) is 15.9. The molecule has 1 rings (SSSR count). The molecule has 164 valence electrons. The van der Waals surface area contributed by atoms with Gasteiger partial charge in [-0.1, -0.05) is 20.3 Å². The number of carbonyl (C=O) groups is 2. The summed E-state index contributed by atoms with van der Waals surface area (Å²) in [6.45, 7) is 3.54. The van der Waals surface area contributed by atoms with Gasteiger partial charge in [-0.15, -0.1) is 0 Å². The van der Waals surface area contributed by atoms with Gasteiger partial charge < -0.3 is 9.47 Å². The van der Waals surface area contributed by atoms with Gasteiger partial charge in [0.05, 0.1) is 5.92 Å². The van der Waals surface area contributed by atoms with Crippen LogP contribution in [-0.2, 0) is 19.1 Å². The van der Waals surface area contributed by atoms with Crippen molar-refractivity contribution in [1.29, 1.82) is 0 Å². The second-order valence-corrected chi connectivity index (χ2v) is 7.28. The molecule has 0 radical (unpaired) electrons. The van der Waals surface area contributed by atoms with E-state index in [-0.39, 0.29) is 24.7 Å². The molecule has 0 heterocycles. The molecular formula is C18H26F6O4. The fourth-order valence-electron chi connectivity index (χ4n) is 3.14. The third kappa shape index (κ3) is 7.50. The van der Waals surface area contributed by atoms with E-state index in [1.165, 1.54) is 0 Å². The highest BCUT2D eigenvalue weighted by Crippen LogP contribution is 2.38. The first-order chi connectivity index (χ1) is 12.8. The third-order valence-corrected chi connectivity index (χ3v) is 4.95. The summed E-state index contributed by atoms with van der Waals surface area (Å²) >= 11 is 0. The summed E-state index contributed by atoms with van der Waals surface area (Å²) in [5, 5.41) is 0. The molecule has 0 spiro atoms. The van der Waals surface area contributed by atoms with Crippen LogP contribution in [0.15, 0.2) is 0 Å². The molecule has 4 nitrogen and oxygen atoms in total. The van der Waals surface area contributed by atoms with Crippen LogP contribution in [0.1, 0.15) is 71.6 Å². The number of alkyl halides is 6. The Labute approximate surface area is 159 Å². The van der Waals surface area contributed by atoms with E-state index in [0.29, 0.717) is 19.3 Å².